The summed E-state index contributed by atoms with van der Waals surface area (Å²) in [6.45, 7) is 11.6. The molecule has 0 aliphatic carbocycles. The number of hydrogen-bond donors (Lipinski definition) is 1. The number of benzene rings is 1. The number of rotatable bonds is 7. The van der Waals surface area contributed by atoms with E-state index >= 15 is 0 Å². The molecule has 1 N–H and O–H groups in total. The molecule has 1 aromatic carbocycles. The van der Waals surface area contributed by atoms with Crippen molar-refractivity contribution in [2.75, 3.05) is 0 Å². The van der Waals surface area contributed by atoms with E-state index in [2.05, 4.69) is 15.8 Å². The molecule has 2 rings (SSSR count). The highest BCUT2D eigenvalue weighted by molar-refractivity contribution is 7.99. The van der Waals surface area contributed by atoms with Crippen molar-refractivity contribution in [1.82, 2.24) is 9.71 Å². The van der Waals surface area contributed by atoms with Crippen LogP contribution in [0.2, 0.25) is 0 Å². The van der Waals surface area contributed by atoms with E-state index in [0.717, 1.165) is 25.9 Å². The maximum absolute atomic E-state index is 14.0. The zero-order valence-electron chi connectivity index (χ0n) is 17.1. The third kappa shape index (κ3) is 5.33. The summed E-state index contributed by atoms with van der Waals surface area (Å²) in [5.41, 5.74) is 2.00. The Labute approximate surface area is 174 Å². The fourth-order valence-corrected chi connectivity index (χ4v) is 4.48. The molecule has 1 heterocycles. The Balaban J connectivity index is 2.15. The first-order chi connectivity index (χ1) is 13.0. The number of nitrogens with zero attached hydrogens (tertiary/aromatic N) is 2. The smallest absolute Gasteiger partial charge is 0.234 e. The molecule has 0 spiro atoms. The fourth-order valence-electron chi connectivity index (χ4n) is 2.86. The van der Waals surface area contributed by atoms with Gasteiger partial charge in [-0.05, 0) is 66.5 Å². The molecule has 1 aromatic heterocycles. The minimum Gasteiger partial charge on any atom is -0.295 e. The number of nitrogens with one attached hydrogen (secondary N) is 1. The summed E-state index contributed by atoms with van der Waals surface area (Å²) in [7, 11) is 0. The van der Waals surface area contributed by atoms with Gasteiger partial charge in [-0.15, -0.1) is 11.3 Å². The van der Waals surface area contributed by atoms with E-state index in [9.17, 15) is 14.4 Å². The molecule has 28 heavy (non-hydrogen) atoms. The Morgan fingerprint density at radius 1 is 1.29 bits per heavy atom. The van der Waals surface area contributed by atoms with Crippen LogP contribution in [0.25, 0.3) is 0 Å². The molecular formula is C21H26FN3OS2. The van der Waals surface area contributed by atoms with Gasteiger partial charge in [0.2, 0.25) is 5.91 Å². The van der Waals surface area contributed by atoms with Gasteiger partial charge in [0.15, 0.2) is 0 Å². The third-order valence-electron chi connectivity index (χ3n) is 4.43. The molecule has 0 fully saturated rings. The standard InChI is InChI=1S/C21H26FN3OS2/c1-12(2)15-7-14(22)8-16(13(3)4)17(15)9-18(26)25-28-19-10-24-20(27-19)21(5,6)11-23/h7-8,10,12-13H,9H2,1-6H3,(H,25,26). The van der Waals surface area contributed by atoms with Crippen molar-refractivity contribution in [2.24, 2.45) is 0 Å². The second-order valence-electron chi connectivity index (χ2n) is 7.90. The lowest BCUT2D eigenvalue weighted by Gasteiger charge is -2.19. The lowest BCUT2D eigenvalue weighted by atomic mass is 9.87. The van der Waals surface area contributed by atoms with Crippen LogP contribution in [-0.2, 0) is 16.6 Å². The quantitative estimate of drug-likeness (QED) is 0.585. The molecule has 0 aliphatic heterocycles. The first kappa shape index (κ1) is 22.4. The molecule has 0 saturated heterocycles. The van der Waals surface area contributed by atoms with Crippen LogP contribution in [0.15, 0.2) is 22.5 Å². The maximum Gasteiger partial charge on any atom is 0.234 e. The van der Waals surface area contributed by atoms with E-state index in [-0.39, 0.29) is 30.0 Å². The second kappa shape index (κ2) is 9.06. The van der Waals surface area contributed by atoms with Gasteiger partial charge in [0.05, 0.1) is 18.7 Å². The van der Waals surface area contributed by atoms with Crippen molar-refractivity contribution in [2.45, 2.75) is 69.4 Å². The molecule has 0 bridgehead atoms. The van der Waals surface area contributed by atoms with Crippen LogP contribution >= 0.6 is 23.3 Å². The largest absolute Gasteiger partial charge is 0.295 e. The van der Waals surface area contributed by atoms with Crippen LogP contribution in [-0.4, -0.2) is 10.9 Å². The minimum absolute atomic E-state index is 0.126. The van der Waals surface area contributed by atoms with Crippen LogP contribution in [0.5, 0.6) is 0 Å². The van der Waals surface area contributed by atoms with E-state index in [1.807, 2.05) is 41.5 Å². The van der Waals surface area contributed by atoms with Gasteiger partial charge in [0, 0.05) is 0 Å². The van der Waals surface area contributed by atoms with Gasteiger partial charge >= 0.3 is 0 Å². The van der Waals surface area contributed by atoms with Crippen molar-refractivity contribution in [3.8, 4) is 6.07 Å². The Kier molecular flexibility index (Phi) is 7.24. The van der Waals surface area contributed by atoms with Gasteiger partial charge in [-0.25, -0.2) is 9.37 Å². The number of nitriles is 1. The Bertz CT molecular complexity index is 868. The zero-order valence-corrected chi connectivity index (χ0v) is 18.7. The molecule has 0 aliphatic rings. The highest BCUT2D eigenvalue weighted by Crippen LogP contribution is 2.32. The Morgan fingerprint density at radius 3 is 2.36 bits per heavy atom. The average Bonchev–Trinajstić information content (AvgIpc) is 3.10. The number of hydrogen-bond acceptors (Lipinski definition) is 5. The monoisotopic (exact) mass is 419 g/mol. The van der Waals surface area contributed by atoms with Crippen LogP contribution in [0.1, 0.15) is 75.1 Å². The van der Waals surface area contributed by atoms with Crippen LogP contribution in [0, 0.1) is 17.1 Å². The van der Waals surface area contributed by atoms with Crippen molar-refractivity contribution in [3.63, 3.8) is 0 Å². The molecule has 1 amide bonds. The zero-order chi connectivity index (χ0) is 21.1. The molecule has 0 unspecified atom stereocenters. The Morgan fingerprint density at radius 2 is 1.86 bits per heavy atom. The lowest BCUT2D eigenvalue weighted by molar-refractivity contribution is -0.118. The first-order valence-electron chi connectivity index (χ1n) is 9.20. The van der Waals surface area contributed by atoms with E-state index in [1.165, 1.54) is 35.4 Å². The van der Waals surface area contributed by atoms with Gasteiger partial charge < -0.3 is 0 Å². The van der Waals surface area contributed by atoms with Gasteiger partial charge in [-0.3, -0.25) is 9.52 Å². The molecule has 4 nitrogen and oxygen atoms in total. The summed E-state index contributed by atoms with van der Waals surface area (Å²) in [6, 6.07) is 5.29. The molecule has 0 saturated carbocycles. The predicted octanol–water partition coefficient (Wildman–Crippen LogP) is 5.70. The summed E-state index contributed by atoms with van der Waals surface area (Å²) in [5, 5.41) is 9.93. The van der Waals surface area contributed by atoms with Crippen molar-refractivity contribution in [3.05, 3.63) is 45.8 Å². The molecule has 7 heteroatoms. The molecule has 0 atom stereocenters. The van der Waals surface area contributed by atoms with Crippen molar-refractivity contribution in [1.29, 1.82) is 5.26 Å². The first-order valence-corrected chi connectivity index (χ1v) is 10.8. The fraction of sp³-hybridized carbons (Fsp3) is 0.476. The summed E-state index contributed by atoms with van der Waals surface area (Å²) >= 11 is 2.60. The van der Waals surface area contributed by atoms with Crippen LogP contribution in [0.4, 0.5) is 4.39 Å². The number of carbonyl (C=O) groups is 1. The second-order valence-corrected chi connectivity index (χ2v) is 10.0. The van der Waals surface area contributed by atoms with E-state index in [1.54, 1.807) is 6.20 Å². The summed E-state index contributed by atoms with van der Waals surface area (Å²) in [4.78, 5) is 16.9. The van der Waals surface area contributed by atoms with E-state index in [0.29, 0.717) is 0 Å². The third-order valence-corrected chi connectivity index (χ3v) is 6.68. The maximum atomic E-state index is 14.0. The number of carbonyl (C=O) groups excluding carboxylic acids is 1. The van der Waals surface area contributed by atoms with Crippen LogP contribution in [0.3, 0.4) is 0 Å². The molecule has 150 valence electrons. The number of aromatic nitrogens is 1. The SMILES string of the molecule is CC(C)c1cc(F)cc(C(C)C)c1CC(=O)NSc1cnc(C(C)(C)C#N)s1. The molecular weight excluding hydrogens is 393 g/mol. The lowest BCUT2D eigenvalue weighted by Crippen LogP contribution is -2.20. The highest BCUT2D eigenvalue weighted by atomic mass is 32.2. The van der Waals surface area contributed by atoms with Gasteiger partial charge in [0.1, 0.15) is 20.4 Å². The number of thiazole rings is 1. The average molecular weight is 420 g/mol. The minimum atomic E-state index is -0.653. The van der Waals surface area contributed by atoms with Crippen molar-refractivity contribution >= 4 is 29.2 Å². The van der Waals surface area contributed by atoms with Gasteiger partial charge in [-0.2, -0.15) is 5.26 Å². The molecule has 2 aromatic rings. The van der Waals surface area contributed by atoms with E-state index < -0.39 is 5.41 Å². The normalized spacial score (nSPS) is 11.7. The summed E-state index contributed by atoms with van der Waals surface area (Å²) < 4.78 is 17.7. The predicted molar refractivity (Wildman–Crippen MR) is 113 cm³/mol. The summed E-state index contributed by atoms with van der Waals surface area (Å²) in [5.74, 6) is -0.153. The van der Waals surface area contributed by atoms with Crippen molar-refractivity contribution < 1.29 is 9.18 Å². The summed E-state index contributed by atoms with van der Waals surface area (Å²) in [6.07, 6.45) is 1.87. The van der Waals surface area contributed by atoms with Crippen LogP contribution < -0.4 is 4.72 Å². The number of halogens is 1. The number of amides is 1. The van der Waals surface area contributed by atoms with E-state index in [4.69, 9.17) is 0 Å². The van der Waals surface area contributed by atoms with Gasteiger partial charge in [-0.1, -0.05) is 27.7 Å². The van der Waals surface area contributed by atoms with Gasteiger partial charge in [0.25, 0.3) is 0 Å². The molecule has 0 radical (unpaired) electrons. The highest BCUT2D eigenvalue weighted by Gasteiger charge is 2.24. The topological polar surface area (TPSA) is 65.8 Å². The Hall–Kier alpha value is -1.91.